The minimum atomic E-state index is -3.71. The van der Waals surface area contributed by atoms with Crippen LogP contribution in [0.4, 0.5) is 5.69 Å². The third-order valence-electron chi connectivity index (χ3n) is 3.90. The molecule has 1 aromatic rings. The molecule has 1 aliphatic carbocycles. The summed E-state index contributed by atoms with van der Waals surface area (Å²) in [4.78, 5) is 4.05. The van der Waals surface area contributed by atoms with E-state index in [1.165, 1.54) is 10.5 Å². The van der Waals surface area contributed by atoms with Gasteiger partial charge in [-0.1, -0.05) is 19.3 Å². The van der Waals surface area contributed by atoms with Crippen LogP contribution in [-0.2, 0) is 10.0 Å². The number of aliphatic hydroxyl groups is 1. The summed E-state index contributed by atoms with van der Waals surface area (Å²) < 4.78 is 27.3. The summed E-state index contributed by atoms with van der Waals surface area (Å²) in [7, 11) is -2.03. The number of nitrogens with zero attached hydrogens (tertiary/aromatic N) is 2. The van der Waals surface area contributed by atoms with Gasteiger partial charge in [0.1, 0.15) is 0 Å². The Labute approximate surface area is 126 Å². The van der Waals surface area contributed by atoms with Crippen molar-refractivity contribution in [2.24, 2.45) is 0 Å². The van der Waals surface area contributed by atoms with Gasteiger partial charge in [0, 0.05) is 25.8 Å². The summed E-state index contributed by atoms with van der Waals surface area (Å²) in [5.74, 6) is 0. The first-order valence-electron chi connectivity index (χ1n) is 7.36. The lowest BCUT2D eigenvalue weighted by molar-refractivity contribution is 0.199. The van der Waals surface area contributed by atoms with E-state index >= 15 is 0 Å². The Morgan fingerprint density at radius 1 is 1.38 bits per heavy atom. The van der Waals surface area contributed by atoms with Crippen molar-refractivity contribution in [3.63, 3.8) is 0 Å². The second-order valence-electron chi connectivity index (χ2n) is 5.24. The molecule has 2 N–H and O–H groups in total. The average Bonchev–Trinajstić information content (AvgIpc) is 2.53. The van der Waals surface area contributed by atoms with E-state index in [0.717, 1.165) is 32.1 Å². The van der Waals surface area contributed by atoms with Gasteiger partial charge in [0.2, 0.25) is 0 Å². The molecule has 1 heterocycles. The zero-order valence-corrected chi connectivity index (χ0v) is 13.1. The van der Waals surface area contributed by atoms with Crippen LogP contribution in [0.2, 0.25) is 0 Å². The Morgan fingerprint density at radius 2 is 2.10 bits per heavy atom. The maximum Gasteiger partial charge on any atom is 0.262 e. The van der Waals surface area contributed by atoms with E-state index in [9.17, 15) is 13.5 Å². The first-order valence-corrected chi connectivity index (χ1v) is 8.80. The van der Waals surface area contributed by atoms with Crippen molar-refractivity contribution in [1.29, 1.82) is 0 Å². The van der Waals surface area contributed by atoms with Gasteiger partial charge >= 0.3 is 0 Å². The van der Waals surface area contributed by atoms with Crippen LogP contribution in [0.3, 0.4) is 0 Å². The fourth-order valence-electron chi connectivity index (χ4n) is 2.86. The number of pyridine rings is 1. The number of sulfonamides is 1. The number of hydrogen-bond donors (Lipinski definition) is 2. The Bertz CT molecular complexity index is 556. The van der Waals surface area contributed by atoms with Crippen molar-refractivity contribution in [2.45, 2.75) is 43.2 Å². The molecule has 2 rings (SSSR count). The fraction of sp³-hybridized carbons (Fsp3) is 0.643. The predicted octanol–water partition coefficient (Wildman–Crippen LogP) is 1.44. The van der Waals surface area contributed by atoms with E-state index in [1.54, 1.807) is 19.2 Å². The van der Waals surface area contributed by atoms with Crippen molar-refractivity contribution in [3.05, 3.63) is 18.3 Å². The van der Waals surface area contributed by atoms with Gasteiger partial charge in [-0.2, -0.15) is 4.31 Å². The van der Waals surface area contributed by atoms with Crippen LogP contribution in [0.15, 0.2) is 23.4 Å². The lowest BCUT2D eigenvalue weighted by Gasteiger charge is -2.33. The Kier molecular flexibility index (Phi) is 5.55. The fourth-order valence-corrected chi connectivity index (χ4v) is 4.65. The van der Waals surface area contributed by atoms with Crippen LogP contribution < -0.4 is 5.32 Å². The number of hydrogen-bond acceptors (Lipinski definition) is 5. The van der Waals surface area contributed by atoms with Gasteiger partial charge in [0.05, 0.1) is 12.3 Å². The molecule has 1 fully saturated rings. The summed E-state index contributed by atoms with van der Waals surface area (Å²) in [6.07, 6.45) is 6.38. The predicted molar refractivity (Wildman–Crippen MR) is 81.6 cm³/mol. The van der Waals surface area contributed by atoms with Gasteiger partial charge < -0.3 is 10.4 Å². The summed E-state index contributed by atoms with van der Waals surface area (Å²) in [5.41, 5.74) is 0.483. The summed E-state index contributed by atoms with van der Waals surface area (Å²) in [6, 6.07) is 3.35. The van der Waals surface area contributed by atoms with Gasteiger partial charge in [0.15, 0.2) is 5.03 Å². The van der Waals surface area contributed by atoms with E-state index in [1.807, 2.05) is 0 Å². The summed E-state index contributed by atoms with van der Waals surface area (Å²) in [5, 5.41) is 12.2. The Balaban J connectivity index is 2.37. The second-order valence-corrected chi connectivity index (χ2v) is 7.04. The molecule has 1 saturated carbocycles. The van der Waals surface area contributed by atoms with Crippen molar-refractivity contribution in [2.75, 3.05) is 25.5 Å². The molecule has 0 aromatic carbocycles. The van der Waals surface area contributed by atoms with Gasteiger partial charge in [-0.05, 0) is 25.0 Å². The van der Waals surface area contributed by atoms with Gasteiger partial charge in [-0.15, -0.1) is 0 Å². The quantitative estimate of drug-likeness (QED) is 0.830. The first-order chi connectivity index (χ1) is 10.1. The van der Waals surface area contributed by atoms with Crippen molar-refractivity contribution >= 4 is 15.7 Å². The van der Waals surface area contributed by atoms with Crippen molar-refractivity contribution in [1.82, 2.24) is 9.29 Å². The van der Waals surface area contributed by atoms with E-state index in [4.69, 9.17) is 0 Å². The van der Waals surface area contributed by atoms with Crippen LogP contribution in [0.5, 0.6) is 0 Å². The molecule has 1 aliphatic rings. The lowest BCUT2D eigenvalue weighted by atomic mass is 9.95. The number of aliphatic hydroxyl groups excluding tert-OH is 1. The molecule has 0 spiro atoms. The van der Waals surface area contributed by atoms with Gasteiger partial charge in [-0.3, -0.25) is 0 Å². The van der Waals surface area contributed by atoms with Crippen LogP contribution in [0.25, 0.3) is 0 Å². The second kappa shape index (κ2) is 7.20. The van der Waals surface area contributed by atoms with E-state index < -0.39 is 10.0 Å². The molecule has 1 aromatic heterocycles. The maximum atomic E-state index is 12.9. The normalized spacial score (nSPS) is 17.1. The minimum absolute atomic E-state index is 0.0338. The van der Waals surface area contributed by atoms with E-state index in [-0.39, 0.29) is 24.2 Å². The van der Waals surface area contributed by atoms with E-state index in [0.29, 0.717) is 5.69 Å². The molecular formula is C14H23N3O3S. The highest BCUT2D eigenvalue weighted by molar-refractivity contribution is 7.89. The smallest absolute Gasteiger partial charge is 0.262 e. The molecule has 6 nitrogen and oxygen atoms in total. The van der Waals surface area contributed by atoms with Crippen LogP contribution in [0, 0.1) is 0 Å². The first kappa shape index (κ1) is 16.2. The molecule has 118 valence electrons. The third-order valence-corrected chi connectivity index (χ3v) is 5.81. The highest BCUT2D eigenvalue weighted by Gasteiger charge is 2.34. The monoisotopic (exact) mass is 313 g/mol. The van der Waals surface area contributed by atoms with Crippen LogP contribution in [0.1, 0.15) is 32.1 Å². The number of rotatable bonds is 6. The third kappa shape index (κ3) is 3.53. The molecule has 0 amide bonds. The molecule has 0 atom stereocenters. The van der Waals surface area contributed by atoms with Crippen molar-refractivity contribution < 1.29 is 13.5 Å². The highest BCUT2D eigenvalue weighted by atomic mass is 32.2. The molecular weight excluding hydrogens is 290 g/mol. The average molecular weight is 313 g/mol. The maximum absolute atomic E-state index is 12.9. The largest absolute Gasteiger partial charge is 0.395 e. The molecule has 0 bridgehead atoms. The van der Waals surface area contributed by atoms with E-state index in [2.05, 4.69) is 10.3 Å². The Morgan fingerprint density at radius 3 is 2.71 bits per heavy atom. The number of anilines is 1. The minimum Gasteiger partial charge on any atom is -0.395 e. The Hall–Kier alpha value is -1.18. The SMILES string of the molecule is CNc1cccnc1S(=O)(=O)N(CCO)C1CCCCC1. The summed E-state index contributed by atoms with van der Waals surface area (Å²) >= 11 is 0. The van der Waals surface area contributed by atoms with Crippen LogP contribution in [-0.4, -0.2) is 49.1 Å². The number of aromatic nitrogens is 1. The van der Waals surface area contributed by atoms with Gasteiger partial charge in [0.25, 0.3) is 10.0 Å². The van der Waals surface area contributed by atoms with Gasteiger partial charge in [-0.25, -0.2) is 13.4 Å². The number of nitrogens with one attached hydrogen (secondary N) is 1. The molecule has 7 heteroatoms. The standard InChI is InChI=1S/C14H23N3O3S/c1-15-13-8-5-9-16-14(13)21(19,20)17(10-11-18)12-6-3-2-4-7-12/h5,8-9,12,15,18H,2-4,6-7,10-11H2,1H3. The van der Waals surface area contributed by atoms with Crippen LogP contribution >= 0.6 is 0 Å². The highest BCUT2D eigenvalue weighted by Crippen LogP contribution is 2.29. The molecule has 21 heavy (non-hydrogen) atoms. The van der Waals surface area contributed by atoms with Crippen molar-refractivity contribution in [3.8, 4) is 0 Å². The zero-order chi connectivity index (χ0) is 15.3. The lowest BCUT2D eigenvalue weighted by Crippen LogP contribution is -2.43. The molecule has 0 saturated heterocycles. The molecule has 0 aliphatic heterocycles. The topological polar surface area (TPSA) is 82.5 Å². The molecule has 0 unspecified atom stereocenters. The zero-order valence-electron chi connectivity index (χ0n) is 12.3. The molecule has 0 radical (unpaired) electrons. The summed E-state index contributed by atoms with van der Waals surface area (Å²) in [6.45, 7) is -0.0653.